The number of pyridine rings is 1. The molecule has 0 atom stereocenters. The Hall–Kier alpha value is -2.54. The van der Waals surface area contributed by atoms with E-state index in [0.717, 1.165) is 32.0 Å². The van der Waals surface area contributed by atoms with Crippen LogP contribution >= 0.6 is 0 Å². The summed E-state index contributed by atoms with van der Waals surface area (Å²) >= 11 is 0. The van der Waals surface area contributed by atoms with Crippen LogP contribution in [0.2, 0.25) is 0 Å². The minimum absolute atomic E-state index is 0.0709. The summed E-state index contributed by atoms with van der Waals surface area (Å²) in [4.78, 5) is 7.31. The van der Waals surface area contributed by atoms with Gasteiger partial charge < -0.3 is 15.0 Å². The van der Waals surface area contributed by atoms with E-state index in [2.05, 4.69) is 22.2 Å². The molecule has 0 saturated carbocycles. The molecule has 2 aromatic heterocycles. The number of rotatable bonds is 5. The molecule has 2 N–H and O–H groups in total. The number of alkyl halides is 2. The van der Waals surface area contributed by atoms with Crippen LogP contribution in [0.3, 0.4) is 0 Å². The lowest BCUT2D eigenvalue weighted by Gasteiger charge is -2.33. The van der Waals surface area contributed by atoms with Crippen LogP contribution < -0.4 is 10.1 Å². The molecule has 0 bridgehead atoms. The number of nitrogens with one attached hydrogen (secondary N) is 2. The molecule has 0 unspecified atom stereocenters. The molecule has 0 radical (unpaired) electrons. The molecule has 0 spiro atoms. The average molecular weight is 389 g/mol. The third kappa shape index (κ3) is 3.58. The fourth-order valence-electron chi connectivity index (χ4n) is 3.67. The molecule has 3 aromatic rings. The Morgan fingerprint density at radius 3 is 2.68 bits per heavy atom. The summed E-state index contributed by atoms with van der Waals surface area (Å²) in [7, 11) is 0. The molecule has 4 rings (SSSR count). The number of H-pyrrole nitrogens is 1. The van der Waals surface area contributed by atoms with Crippen molar-refractivity contribution < 1.29 is 17.9 Å². The fraction of sp³-hybridized carbons (Fsp3) is 0.381. The number of piperidine rings is 1. The van der Waals surface area contributed by atoms with Gasteiger partial charge in [-0.3, -0.25) is 0 Å². The zero-order valence-electron chi connectivity index (χ0n) is 15.6. The summed E-state index contributed by atoms with van der Waals surface area (Å²) in [6, 6.07) is 5.26. The standard InChI is InChI=1S/C21H22F3N3O/c1-21(5-8-25-9-6-21)12-28-17-4-7-26-20-18(17)15(11-27-20)14-3-2-13(19(23)24)10-16(14)22/h2-4,7,10-11,19,25H,5-6,8-9,12H2,1H3,(H,26,27). The van der Waals surface area contributed by atoms with Crippen LogP contribution in [-0.2, 0) is 0 Å². The van der Waals surface area contributed by atoms with Crippen molar-refractivity contribution in [2.24, 2.45) is 5.41 Å². The molecule has 1 saturated heterocycles. The van der Waals surface area contributed by atoms with Crippen molar-refractivity contribution in [2.75, 3.05) is 19.7 Å². The van der Waals surface area contributed by atoms with Gasteiger partial charge in [0.1, 0.15) is 17.2 Å². The molecule has 1 aliphatic heterocycles. The van der Waals surface area contributed by atoms with Gasteiger partial charge >= 0.3 is 0 Å². The molecule has 0 amide bonds. The van der Waals surface area contributed by atoms with Crippen molar-refractivity contribution in [1.29, 1.82) is 0 Å². The van der Waals surface area contributed by atoms with Gasteiger partial charge in [-0.05, 0) is 38.1 Å². The summed E-state index contributed by atoms with van der Waals surface area (Å²) in [5.74, 6) is -0.0860. The average Bonchev–Trinajstić information content (AvgIpc) is 3.11. The number of hydrogen-bond donors (Lipinski definition) is 2. The van der Waals surface area contributed by atoms with Gasteiger partial charge in [-0.25, -0.2) is 18.2 Å². The molecule has 28 heavy (non-hydrogen) atoms. The zero-order valence-corrected chi connectivity index (χ0v) is 15.6. The van der Waals surface area contributed by atoms with E-state index in [0.29, 0.717) is 29.0 Å². The van der Waals surface area contributed by atoms with E-state index in [9.17, 15) is 13.2 Å². The Kier molecular flexibility index (Phi) is 5.02. The summed E-state index contributed by atoms with van der Waals surface area (Å²) in [5, 5.41) is 4.00. The monoisotopic (exact) mass is 389 g/mol. The van der Waals surface area contributed by atoms with Gasteiger partial charge in [-0.2, -0.15) is 0 Å². The van der Waals surface area contributed by atoms with Crippen molar-refractivity contribution in [3.63, 3.8) is 0 Å². The van der Waals surface area contributed by atoms with Gasteiger partial charge in [0, 0.05) is 34.5 Å². The lowest BCUT2D eigenvalue weighted by Crippen LogP contribution is -2.38. The third-order valence-electron chi connectivity index (χ3n) is 5.46. The highest BCUT2D eigenvalue weighted by Gasteiger charge is 2.28. The number of benzene rings is 1. The van der Waals surface area contributed by atoms with Gasteiger partial charge in [-0.15, -0.1) is 0 Å². The Morgan fingerprint density at radius 2 is 1.96 bits per heavy atom. The van der Waals surface area contributed by atoms with Gasteiger partial charge in [0.2, 0.25) is 0 Å². The number of hydrogen-bond acceptors (Lipinski definition) is 3. The van der Waals surface area contributed by atoms with E-state index in [1.165, 1.54) is 12.1 Å². The van der Waals surface area contributed by atoms with Gasteiger partial charge in [-0.1, -0.05) is 19.1 Å². The highest BCUT2D eigenvalue weighted by molar-refractivity contribution is 5.98. The van der Waals surface area contributed by atoms with E-state index in [1.807, 2.05) is 0 Å². The first-order valence-electron chi connectivity index (χ1n) is 9.34. The second-order valence-electron chi connectivity index (χ2n) is 7.62. The Balaban J connectivity index is 1.69. The number of nitrogens with zero attached hydrogens (tertiary/aromatic N) is 1. The molecule has 4 nitrogen and oxygen atoms in total. The number of aromatic nitrogens is 2. The van der Waals surface area contributed by atoms with Crippen molar-refractivity contribution in [2.45, 2.75) is 26.2 Å². The molecule has 148 valence electrons. The Labute approximate surface area is 161 Å². The predicted octanol–water partition coefficient (Wildman–Crippen LogP) is 5.08. The molecule has 1 fully saturated rings. The molecule has 7 heteroatoms. The second kappa shape index (κ2) is 7.47. The SMILES string of the molecule is CC1(COc2ccnc3[nH]cc(-c4ccc(C(F)F)cc4F)c23)CCNCC1. The zero-order chi connectivity index (χ0) is 19.7. The summed E-state index contributed by atoms with van der Waals surface area (Å²) < 4.78 is 46.4. The van der Waals surface area contributed by atoms with Crippen molar-refractivity contribution in [3.05, 3.63) is 48.0 Å². The van der Waals surface area contributed by atoms with Crippen LogP contribution in [0.25, 0.3) is 22.2 Å². The van der Waals surface area contributed by atoms with Crippen LogP contribution in [-0.4, -0.2) is 29.7 Å². The molecule has 0 aliphatic carbocycles. The molecular formula is C21H22F3N3O. The predicted molar refractivity (Wildman–Crippen MR) is 102 cm³/mol. The quantitative estimate of drug-likeness (QED) is 0.640. The summed E-state index contributed by atoms with van der Waals surface area (Å²) in [6.45, 7) is 4.67. The van der Waals surface area contributed by atoms with Gasteiger partial charge in [0.05, 0.1) is 12.0 Å². The van der Waals surface area contributed by atoms with E-state index in [4.69, 9.17) is 4.74 Å². The maximum absolute atomic E-state index is 14.6. The topological polar surface area (TPSA) is 49.9 Å². The lowest BCUT2D eigenvalue weighted by molar-refractivity contribution is 0.124. The van der Waals surface area contributed by atoms with Crippen molar-refractivity contribution in [1.82, 2.24) is 15.3 Å². The number of aromatic amines is 1. The van der Waals surface area contributed by atoms with E-state index < -0.39 is 12.2 Å². The van der Waals surface area contributed by atoms with Crippen LogP contribution in [0.4, 0.5) is 13.2 Å². The third-order valence-corrected chi connectivity index (χ3v) is 5.46. The van der Waals surface area contributed by atoms with Crippen molar-refractivity contribution >= 4 is 11.0 Å². The van der Waals surface area contributed by atoms with Gasteiger partial charge in [0.15, 0.2) is 0 Å². The normalized spacial score (nSPS) is 16.6. The molecule has 1 aliphatic rings. The lowest BCUT2D eigenvalue weighted by atomic mass is 9.82. The fourth-order valence-corrected chi connectivity index (χ4v) is 3.67. The van der Waals surface area contributed by atoms with Crippen LogP contribution in [0.5, 0.6) is 5.75 Å². The maximum atomic E-state index is 14.6. The van der Waals surface area contributed by atoms with E-state index >= 15 is 0 Å². The smallest absolute Gasteiger partial charge is 0.263 e. The van der Waals surface area contributed by atoms with Crippen LogP contribution in [0, 0.1) is 11.2 Å². The first kappa shape index (κ1) is 18.8. The number of halogens is 3. The molecule has 1 aromatic carbocycles. The Morgan fingerprint density at radius 1 is 1.18 bits per heavy atom. The Bertz CT molecular complexity index is 980. The maximum Gasteiger partial charge on any atom is 0.263 e. The van der Waals surface area contributed by atoms with Gasteiger partial charge in [0.25, 0.3) is 6.43 Å². The highest BCUT2D eigenvalue weighted by Crippen LogP contribution is 2.38. The van der Waals surface area contributed by atoms with Crippen LogP contribution in [0.1, 0.15) is 31.8 Å². The number of fused-ring (bicyclic) bond motifs is 1. The van der Waals surface area contributed by atoms with Crippen molar-refractivity contribution in [3.8, 4) is 16.9 Å². The van der Waals surface area contributed by atoms with E-state index in [1.54, 1.807) is 18.5 Å². The molecular weight excluding hydrogens is 367 g/mol. The highest BCUT2D eigenvalue weighted by atomic mass is 19.3. The summed E-state index contributed by atoms with van der Waals surface area (Å²) in [6.07, 6.45) is 2.60. The number of ether oxygens (including phenoxy) is 1. The van der Waals surface area contributed by atoms with E-state index in [-0.39, 0.29) is 16.5 Å². The minimum atomic E-state index is -2.71. The summed E-state index contributed by atoms with van der Waals surface area (Å²) in [5.41, 5.74) is 1.09. The molecule has 3 heterocycles. The minimum Gasteiger partial charge on any atom is -0.492 e. The van der Waals surface area contributed by atoms with Crippen LogP contribution in [0.15, 0.2) is 36.7 Å². The first-order chi connectivity index (χ1) is 13.5. The second-order valence-corrected chi connectivity index (χ2v) is 7.62. The first-order valence-corrected chi connectivity index (χ1v) is 9.34. The largest absolute Gasteiger partial charge is 0.492 e.